The Morgan fingerprint density at radius 2 is 2.00 bits per heavy atom. The number of thiophene rings is 1. The summed E-state index contributed by atoms with van der Waals surface area (Å²) in [5.41, 5.74) is 2.34. The average molecular weight is 472 g/mol. The van der Waals surface area contributed by atoms with E-state index in [1.165, 1.54) is 10.4 Å². The normalized spacial score (nSPS) is 15.3. The predicted molar refractivity (Wildman–Crippen MR) is 134 cm³/mol. The van der Waals surface area contributed by atoms with Crippen LogP contribution in [0.1, 0.15) is 55.7 Å². The molecule has 1 atom stereocenters. The first-order valence-corrected chi connectivity index (χ1v) is 12.8. The van der Waals surface area contributed by atoms with Gasteiger partial charge in [0.15, 0.2) is 0 Å². The number of amides is 3. The van der Waals surface area contributed by atoms with Crippen molar-refractivity contribution in [3.63, 3.8) is 0 Å². The zero-order chi connectivity index (χ0) is 23.8. The van der Waals surface area contributed by atoms with Gasteiger partial charge in [0.05, 0.1) is 6.04 Å². The number of hydrogen-bond donors (Lipinski definition) is 1. The molecule has 1 aromatic heterocycles. The first-order valence-electron chi connectivity index (χ1n) is 12.0. The molecule has 0 aliphatic carbocycles. The molecule has 0 saturated carbocycles. The molecule has 3 amide bonds. The van der Waals surface area contributed by atoms with Crippen molar-refractivity contribution in [2.75, 3.05) is 32.8 Å². The van der Waals surface area contributed by atoms with Crippen LogP contribution in [0.2, 0.25) is 0 Å². The van der Waals surface area contributed by atoms with Gasteiger partial charge in [0.2, 0.25) is 5.91 Å². The van der Waals surface area contributed by atoms with Gasteiger partial charge in [-0.3, -0.25) is 4.79 Å². The van der Waals surface area contributed by atoms with E-state index in [-0.39, 0.29) is 24.5 Å². The first-order chi connectivity index (χ1) is 15.9. The molecule has 0 radical (unpaired) electrons. The fraction of sp³-hybridized carbons (Fsp3) is 0.538. The summed E-state index contributed by atoms with van der Waals surface area (Å²) in [4.78, 5) is 31.1. The van der Waals surface area contributed by atoms with Crippen LogP contribution in [-0.4, -0.2) is 54.5 Å². The van der Waals surface area contributed by atoms with Crippen LogP contribution in [0.15, 0.2) is 35.7 Å². The van der Waals surface area contributed by atoms with Gasteiger partial charge in [-0.2, -0.15) is 0 Å². The van der Waals surface area contributed by atoms with Gasteiger partial charge >= 0.3 is 6.03 Å². The lowest BCUT2D eigenvalue weighted by molar-refractivity contribution is -0.135. The van der Waals surface area contributed by atoms with Crippen LogP contribution in [0.3, 0.4) is 0 Å². The Labute approximate surface area is 201 Å². The zero-order valence-corrected chi connectivity index (χ0v) is 21.1. The number of nitrogens with one attached hydrogen (secondary N) is 1. The molecule has 3 rings (SSSR count). The van der Waals surface area contributed by atoms with Crippen LogP contribution in [-0.2, 0) is 11.2 Å². The number of hydrogen-bond acceptors (Lipinski definition) is 4. The summed E-state index contributed by atoms with van der Waals surface area (Å²) in [6.45, 7) is 10.6. The van der Waals surface area contributed by atoms with E-state index in [1.807, 2.05) is 43.0 Å². The largest absolute Gasteiger partial charge is 0.491 e. The second-order valence-electron chi connectivity index (χ2n) is 9.11. The van der Waals surface area contributed by atoms with E-state index in [9.17, 15) is 9.59 Å². The molecule has 1 unspecified atom stereocenters. The summed E-state index contributed by atoms with van der Waals surface area (Å²) in [5.74, 6) is 1.23. The van der Waals surface area contributed by atoms with E-state index in [0.29, 0.717) is 32.2 Å². The van der Waals surface area contributed by atoms with E-state index in [4.69, 9.17) is 4.74 Å². The Morgan fingerprint density at radius 3 is 2.70 bits per heavy atom. The Hall–Kier alpha value is -2.54. The maximum atomic E-state index is 13.5. The van der Waals surface area contributed by atoms with Crippen LogP contribution >= 0.6 is 11.3 Å². The minimum atomic E-state index is -0.161. The van der Waals surface area contributed by atoms with E-state index < -0.39 is 0 Å². The number of nitrogens with zero attached hydrogens (tertiary/aromatic N) is 2. The van der Waals surface area contributed by atoms with Gasteiger partial charge in [-0.1, -0.05) is 38.5 Å². The molecule has 0 saturated heterocycles. The monoisotopic (exact) mass is 471 g/mol. The summed E-state index contributed by atoms with van der Waals surface area (Å²) in [5, 5.41) is 5.02. The molecule has 1 N–H and O–H groups in total. The smallest absolute Gasteiger partial charge is 0.317 e. The Kier molecular flexibility index (Phi) is 9.18. The molecule has 6 nitrogen and oxygen atoms in total. The highest BCUT2D eigenvalue weighted by Gasteiger charge is 2.33. The number of fused-ring (bicyclic) bond motifs is 1. The molecule has 2 aromatic rings. The molecule has 1 aromatic carbocycles. The molecule has 0 bridgehead atoms. The van der Waals surface area contributed by atoms with Crippen molar-refractivity contribution in [1.82, 2.24) is 15.1 Å². The van der Waals surface area contributed by atoms with E-state index in [1.54, 1.807) is 16.2 Å². The summed E-state index contributed by atoms with van der Waals surface area (Å²) in [7, 11) is 0. The van der Waals surface area contributed by atoms with Gasteiger partial charge in [-0.15, -0.1) is 11.3 Å². The minimum absolute atomic E-state index is 0.0280. The second-order valence-corrected chi connectivity index (χ2v) is 10.1. The maximum Gasteiger partial charge on any atom is 0.317 e. The Bertz CT molecular complexity index is 910. The average Bonchev–Trinajstić information content (AvgIpc) is 3.28. The van der Waals surface area contributed by atoms with E-state index >= 15 is 0 Å². The Balaban J connectivity index is 1.73. The standard InChI is InChI=1S/C26H37N3O3S/c1-5-13-27-26(31)28(14-10-19(2)3)17-25(30)29-15-11-24-22(12-16-33-24)23(29)18-32-21-8-6-20(4)7-9-21/h6-9,12,16,19,23H,5,10-11,13-15,17-18H2,1-4H3,(H,27,31). The van der Waals surface area contributed by atoms with E-state index in [2.05, 4.69) is 30.6 Å². The quantitative estimate of drug-likeness (QED) is 0.529. The molecule has 33 heavy (non-hydrogen) atoms. The van der Waals surface area contributed by atoms with Crippen molar-refractivity contribution in [2.24, 2.45) is 5.92 Å². The molecular weight excluding hydrogens is 434 g/mol. The van der Waals surface area contributed by atoms with Crippen LogP contribution < -0.4 is 10.1 Å². The number of rotatable bonds is 10. The highest BCUT2D eigenvalue weighted by molar-refractivity contribution is 7.10. The topological polar surface area (TPSA) is 61.9 Å². The lowest BCUT2D eigenvalue weighted by atomic mass is 10.0. The molecule has 1 aliphatic heterocycles. The van der Waals surface area contributed by atoms with Crippen molar-refractivity contribution in [2.45, 2.75) is 53.0 Å². The zero-order valence-electron chi connectivity index (χ0n) is 20.3. The van der Waals surface area contributed by atoms with Crippen LogP contribution in [0.25, 0.3) is 0 Å². The summed E-state index contributed by atoms with van der Waals surface area (Å²) >= 11 is 1.74. The third-order valence-corrected chi connectivity index (χ3v) is 6.96. The van der Waals surface area contributed by atoms with Gasteiger partial charge in [0.25, 0.3) is 0 Å². The molecule has 7 heteroatoms. The van der Waals surface area contributed by atoms with Crippen molar-refractivity contribution in [3.05, 3.63) is 51.7 Å². The van der Waals surface area contributed by atoms with Gasteiger partial charge < -0.3 is 19.9 Å². The van der Waals surface area contributed by atoms with Crippen molar-refractivity contribution in [3.8, 4) is 5.75 Å². The molecule has 1 aliphatic rings. The van der Waals surface area contributed by atoms with Crippen molar-refractivity contribution < 1.29 is 14.3 Å². The fourth-order valence-corrected chi connectivity index (χ4v) is 4.88. The number of carbonyl (C=O) groups excluding carboxylic acids is 2. The third kappa shape index (κ3) is 6.97. The van der Waals surface area contributed by atoms with Gasteiger partial charge in [0, 0.05) is 24.5 Å². The lowest BCUT2D eigenvalue weighted by Gasteiger charge is -2.37. The SMILES string of the molecule is CCCNC(=O)N(CCC(C)C)CC(=O)N1CCc2sccc2C1COc1ccc(C)cc1. The number of urea groups is 1. The maximum absolute atomic E-state index is 13.5. The van der Waals surface area contributed by atoms with Gasteiger partial charge in [0.1, 0.15) is 18.9 Å². The summed E-state index contributed by atoms with van der Waals surface area (Å²) in [6, 6.07) is 9.77. The third-order valence-electron chi connectivity index (χ3n) is 5.96. The van der Waals surface area contributed by atoms with Gasteiger partial charge in [-0.05, 0) is 61.2 Å². The first kappa shape index (κ1) is 25.1. The number of aryl methyl sites for hydroxylation is 1. The predicted octanol–water partition coefficient (Wildman–Crippen LogP) is 5.03. The highest BCUT2D eigenvalue weighted by atomic mass is 32.1. The summed E-state index contributed by atoms with van der Waals surface area (Å²) < 4.78 is 6.11. The number of ether oxygens (including phenoxy) is 1. The van der Waals surface area contributed by atoms with Gasteiger partial charge in [-0.25, -0.2) is 4.79 Å². The Morgan fingerprint density at radius 1 is 1.24 bits per heavy atom. The second kappa shape index (κ2) is 12.1. The highest BCUT2D eigenvalue weighted by Crippen LogP contribution is 2.34. The van der Waals surface area contributed by atoms with Crippen LogP contribution in [0.4, 0.5) is 4.79 Å². The molecule has 180 valence electrons. The molecule has 0 spiro atoms. The van der Waals surface area contributed by atoms with Crippen molar-refractivity contribution >= 4 is 23.3 Å². The summed E-state index contributed by atoms with van der Waals surface area (Å²) in [6.07, 6.45) is 2.57. The fourth-order valence-electron chi connectivity index (χ4n) is 3.95. The van der Waals surface area contributed by atoms with E-state index in [0.717, 1.165) is 30.6 Å². The molecule has 0 fully saturated rings. The van der Waals surface area contributed by atoms with Crippen LogP contribution in [0, 0.1) is 12.8 Å². The molecule has 2 heterocycles. The lowest BCUT2D eigenvalue weighted by Crippen LogP contribution is -2.50. The number of benzene rings is 1. The van der Waals surface area contributed by atoms with Crippen LogP contribution in [0.5, 0.6) is 5.75 Å². The number of carbonyl (C=O) groups is 2. The minimum Gasteiger partial charge on any atom is -0.491 e. The van der Waals surface area contributed by atoms with Crippen molar-refractivity contribution in [1.29, 1.82) is 0 Å². The molecular formula is C26H37N3O3S.